The van der Waals surface area contributed by atoms with E-state index in [9.17, 15) is 4.79 Å². The molecule has 2 heteroatoms. The maximum atomic E-state index is 11.8. The smallest absolute Gasteiger partial charge is 0.232 e. The Morgan fingerprint density at radius 1 is 1.07 bits per heavy atom. The van der Waals surface area contributed by atoms with Crippen LogP contribution in [0.2, 0.25) is 0 Å². The van der Waals surface area contributed by atoms with Crippen LogP contribution < -0.4 is 5.32 Å². The first-order valence-corrected chi connectivity index (χ1v) is 5.10. The van der Waals surface area contributed by atoms with E-state index < -0.39 is 0 Å². The van der Waals surface area contributed by atoms with Crippen LogP contribution in [0.25, 0.3) is 6.08 Å². The molecule has 0 saturated heterocycles. The van der Waals surface area contributed by atoms with Crippen LogP contribution in [0.4, 0.5) is 0 Å². The highest BCUT2D eigenvalue weighted by molar-refractivity contribution is 5.89. The third kappa shape index (κ3) is 1.30. The third-order valence-corrected chi connectivity index (χ3v) is 2.92. The van der Waals surface area contributed by atoms with Gasteiger partial charge in [-0.05, 0) is 11.1 Å². The summed E-state index contributed by atoms with van der Waals surface area (Å²) in [6, 6.07) is 8.09. The zero-order valence-corrected chi connectivity index (χ0v) is 8.18. The molecular weight excluding hydrogens is 186 g/mol. The molecular formula is C13H11NO. The number of hydrogen-bond acceptors (Lipinski definition) is 1. The molecule has 15 heavy (non-hydrogen) atoms. The van der Waals surface area contributed by atoms with Gasteiger partial charge in [0.25, 0.3) is 0 Å². The van der Waals surface area contributed by atoms with Gasteiger partial charge in [-0.2, -0.15) is 0 Å². The average molecular weight is 197 g/mol. The molecule has 2 nitrogen and oxygen atoms in total. The molecule has 4 rings (SSSR count). The van der Waals surface area contributed by atoms with Gasteiger partial charge in [0.05, 0.1) is 12.0 Å². The summed E-state index contributed by atoms with van der Waals surface area (Å²) in [5, 5.41) is 2.95. The van der Waals surface area contributed by atoms with E-state index in [-0.39, 0.29) is 17.9 Å². The molecule has 0 radical (unpaired) electrons. The Balaban J connectivity index is 2.23. The Kier molecular flexibility index (Phi) is 1.75. The molecule has 2 atom stereocenters. The topological polar surface area (TPSA) is 29.1 Å². The Hall–Kier alpha value is -1.83. The molecule has 0 fully saturated rings. The molecule has 2 unspecified atom stereocenters. The van der Waals surface area contributed by atoms with Gasteiger partial charge in [0.1, 0.15) is 0 Å². The molecule has 1 N–H and O–H groups in total. The molecule has 1 aromatic carbocycles. The molecule has 1 amide bonds. The largest absolute Gasteiger partial charge is 0.346 e. The summed E-state index contributed by atoms with van der Waals surface area (Å²) in [4.78, 5) is 11.8. The molecule has 1 aromatic rings. The number of rotatable bonds is 0. The van der Waals surface area contributed by atoms with Crippen molar-refractivity contribution in [3.05, 3.63) is 53.6 Å². The summed E-state index contributed by atoms with van der Waals surface area (Å²) in [6.07, 6.45) is 8.13. The van der Waals surface area contributed by atoms with Gasteiger partial charge in [-0.3, -0.25) is 4.79 Å². The minimum absolute atomic E-state index is 0.0575. The van der Waals surface area contributed by atoms with Crippen LogP contribution >= 0.6 is 0 Å². The molecule has 1 aliphatic carbocycles. The minimum Gasteiger partial charge on any atom is -0.346 e. The van der Waals surface area contributed by atoms with Crippen LogP contribution in [0.1, 0.15) is 17.0 Å². The lowest BCUT2D eigenvalue weighted by atomic mass is 9.87. The molecule has 0 aromatic heterocycles. The van der Waals surface area contributed by atoms with Crippen molar-refractivity contribution in [2.45, 2.75) is 12.0 Å². The Bertz CT molecular complexity index is 473. The van der Waals surface area contributed by atoms with Gasteiger partial charge in [0.15, 0.2) is 0 Å². The van der Waals surface area contributed by atoms with Crippen molar-refractivity contribution < 1.29 is 4.79 Å². The monoisotopic (exact) mass is 197 g/mol. The predicted molar refractivity (Wildman–Crippen MR) is 59.3 cm³/mol. The lowest BCUT2D eigenvalue weighted by molar-refractivity contribution is -0.122. The fourth-order valence-corrected chi connectivity index (χ4v) is 2.13. The zero-order valence-electron chi connectivity index (χ0n) is 8.18. The predicted octanol–water partition coefficient (Wildman–Crippen LogP) is 1.85. The Morgan fingerprint density at radius 2 is 1.93 bits per heavy atom. The van der Waals surface area contributed by atoms with Gasteiger partial charge in [-0.15, -0.1) is 0 Å². The number of benzene rings is 1. The van der Waals surface area contributed by atoms with E-state index in [0.29, 0.717) is 0 Å². The standard InChI is InChI=1S/C13H11NO/c15-13-12-8-7-10(14-13)6-5-9-3-1-2-4-11(9)12/h1-8,10,12H,(H,14,15)/b6-5-. The molecule has 74 valence electrons. The first-order chi connectivity index (χ1) is 7.34. The molecule has 2 bridgehead atoms. The van der Waals surface area contributed by atoms with E-state index in [1.165, 1.54) is 0 Å². The zero-order chi connectivity index (χ0) is 10.3. The maximum absolute atomic E-state index is 11.8. The average Bonchev–Trinajstić information content (AvgIpc) is 2.23. The molecule has 3 aliphatic rings. The number of carbonyl (C=O) groups excluding carboxylic acids is 1. The number of carbonyl (C=O) groups is 1. The number of fused-ring (bicyclic) bond motifs is 1. The van der Waals surface area contributed by atoms with E-state index in [1.54, 1.807) is 0 Å². The quantitative estimate of drug-likeness (QED) is 0.632. The van der Waals surface area contributed by atoms with Crippen LogP contribution in [0.15, 0.2) is 42.5 Å². The summed E-state index contributed by atoms with van der Waals surface area (Å²) in [5.41, 5.74) is 2.23. The van der Waals surface area contributed by atoms with Crippen molar-refractivity contribution >= 4 is 12.0 Å². The summed E-state index contributed by atoms with van der Waals surface area (Å²) in [5.74, 6) is -0.0262. The first kappa shape index (κ1) is 8.48. The van der Waals surface area contributed by atoms with Crippen LogP contribution in [-0.4, -0.2) is 11.9 Å². The van der Waals surface area contributed by atoms with Crippen LogP contribution in [0, 0.1) is 0 Å². The highest BCUT2D eigenvalue weighted by Crippen LogP contribution is 2.27. The SMILES string of the molecule is O=C1NC2C=CC1c1ccccc1/C=C\2. The van der Waals surface area contributed by atoms with Gasteiger partial charge in [-0.1, -0.05) is 48.6 Å². The summed E-state index contributed by atoms with van der Waals surface area (Å²) in [7, 11) is 0. The fraction of sp³-hybridized carbons (Fsp3) is 0.154. The van der Waals surface area contributed by atoms with Crippen molar-refractivity contribution in [1.82, 2.24) is 5.32 Å². The van der Waals surface area contributed by atoms with Crippen molar-refractivity contribution in [3.8, 4) is 0 Å². The van der Waals surface area contributed by atoms with Gasteiger partial charge in [0, 0.05) is 0 Å². The van der Waals surface area contributed by atoms with E-state index in [4.69, 9.17) is 0 Å². The highest BCUT2D eigenvalue weighted by Gasteiger charge is 2.26. The Morgan fingerprint density at radius 3 is 2.80 bits per heavy atom. The second-order valence-corrected chi connectivity index (χ2v) is 3.88. The van der Waals surface area contributed by atoms with Crippen LogP contribution in [0.3, 0.4) is 0 Å². The third-order valence-electron chi connectivity index (χ3n) is 2.92. The van der Waals surface area contributed by atoms with Gasteiger partial charge < -0.3 is 5.32 Å². The van der Waals surface area contributed by atoms with Crippen molar-refractivity contribution in [2.75, 3.05) is 0 Å². The summed E-state index contributed by atoms with van der Waals surface area (Å²) in [6.45, 7) is 0. The van der Waals surface area contributed by atoms with Crippen molar-refractivity contribution in [2.24, 2.45) is 0 Å². The van der Waals surface area contributed by atoms with Crippen LogP contribution in [-0.2, 0) is 4.79 Å². The minimum atomic E-state index is -0.123. The molecule has 0 spiro atoms. The highest BCUT2D eigenvalue weighted by atomic mass is 16.2. The second-order valence-electron chi connectivity index (χ2n) is 3.88. The Labute approximate surface area is 88.3 Å². The summed E-state index contributed by atoms with van der Waals surface area (Å²) < 4.78 is 0. The van der Waals surface area contributed by atoms with E-state index in [2.05, 4.69) is 11.4 Å². The van der Waals surface area contributed by atoms with Gasteiger partial charge >= 0.3 is 0 Å². The van der Waals surface area contributed by atoms with Gasteiger partial charge in [-0.25, -0.2) is 0 Å². The van der Waals surface area contributed by atoms with Crippen molar-refractivity contribution in [3.63, 3.8) is 0 Å². The van der Waals surface area contributed by atoms with Crippen LogP contribution in [0.5, 0.6) is 0 Å². The fourth-order valence-electron chi connectivity index (χ4n) is 2.13. The molecule has 2 heterocycles. The number of amides is 1. The molecule has 0 saturated carbocycles. The van der Waals surface area contributed by atoms with E-state index in [0.717, 1.165) is 11.1 Å². The first-order valence-electron chi connectivity index (χ1n) is 5.10. The normalized spacial score (nSPS) is 28.9. The van der Waals surface area contributed by atoms with E-state index >= 15 is 0 Å². The lowest BCUT2D eigenvalue weighted by Crippen LogP contribution is -2.39. The maximum Gasteiger partial charge on any atom is 0.232 e. The number of nitrogens with one attached hydrogen (secondary N) is 1. The molecule has 2 aliphatic heterocycles. The summed E-state index contributed by atoms with van der Waals surface area (Å²) >= 11 is 0. The lowest BCUT2D eigenvalue weighted by Gasteiger charge is -2.25. The van der Waals surface area contributed by atoms with Crippen molar-refractivity contribution in [1.29, 1.82) is 0 Å². The van der Waals surface area contributed by atoms with Gasteiger partial charge in [0.2, 0.25) is 5.91 Å². The number of hydrogen-bond donors (Lipinski definition) is 1. The van der Waals surface area contributed by atoms with E-state index in [1.807, 2.05) is 42.5 Å². The second kappa shape index (κ2) is 3.09.